The van der Waals surface area contributed by atoms with Crippen molar-refractivity contribution >= 4 is 11.8 Å². The van der Waals surface area contributed by atoms with Crippen LogP contribution in [-0.4, -0.2) is 52.4 Å². The van der Waals surface area contributed by atoms with Crippen LogP contribution < -0.4 is 4.74 Å². The van der Waals surface area contributed by atoms with Crippen molar-refractivity contribution in [2.24, 2.45) is 0 Å². The molecule has 1 heterocycles. The van der Waals surface area contributed by atoms with Crippen molar-refractivity contribution in [3.05, 3.63) is 53.9 Å². The summed E-state index contributed by atoms with van der Waals surface area (Å²) in [5.41, 5.74) is 2.22. The molecule has 188 valence electrons. The second kappa shape index (κ2) is 14.5. The summed E-state index contributed by atoms with van der Waals surface area (Å²) in [4.78, 5) is 29.9. The fraction of sp³-hybridized carbons (Fsp3) is 0.571. The van der Waals surface area contributed by atoms with Gasteiger partial charge in [0.05, 0.1) is 20.2 Å². The van der Waals surface area contributed by atoms with Crippen molar-refractivity contribution in [2.75, 3.05) is 20.2 Å². The average molecular weight is 470 g/mol. The molecule has 6 heteroatoms. The largest absolute Gasteiger partial charge is 0.497 e. The van der Waals surface area contributed by atoms with Crippen molar-refractivity contribution in [1.29, 1.82) is 0 Å². The zero-order valence-corrected chi connectivity index (χ0v) is 21.8. The summed E-state index contributed by atoms with van der Waals surface area (Å²) in [5.74, 6) is 0.935. The molecule has 0 spiro atoms. The SMILES string of the molecule is CCCCCN(CC(=O)N(Cc1cccn1Cc1cccc(OC)c1)C(C)CC)C(=O)CCC. The van der Waals surface area contributed by atoms with Gasteiger partial charge in [-0.15, -0.1) is 0 Å². The van der Waals surface area contributed by atoms with E-state index < -0.39 is 0 Å². The van der Waals surface area contributed by atoms with Crippen LogP contribution >= 0.6 is 0 Å². The standard InChI is InChI=1S/C28H43N3O3/c1-6-9-10-17-30(27(32)13-7-2)22-28(33)31(23(4)8-3)21-25-15-12-18-29(25)20-24-14-11-16-26(19-24)34-5/h11-12,14-16,18-19,23H,6-10,13,17,20-22H2,1-5H3. The first kappa shape index (κ1) is 27.5. The number of ether oxygens (including phenoxy) is 1. The van der Waals surface area contributed by atoms with Crippen LogP contribution in [0.25, 0.3) is 0 Å². The summed E-state index contributed by atoms with van der Waals surface area (Å²) in [5, 5.41) is 0. The van der Waals surface area contributed by atoms with Crippen LogP contribution in [0.5, 0.6) is 5.75 Å². The molecular formula is C28H43N3O3. The lowest BCUT2D eigenvalue weighted by Gasteiger charge is -2.32. The first-order chi connectivity index (χ1) is 16.4. The average Bonchev–Trinajstić information content (AvgIpc) is 3.28. The Kier molecular flexibility index (Phi) is 11.7. The number of unbranched alkanes of at least 4 members (excludes halogenated alkanes) is 2. The molecule has 1 unspecified atom stereocenters. The molecule has 0 radical (unpaired) electrons. The topological polar surface area (TPSA) is 54.8 Å². The molecule has 2 aromatic rings. The molecule has 34 heavy (non-hydrogen) atoms. The molecule has 0 fully saturated rings. The third-order valence-corrected chi connectivity index (χ3v) is 6.36. The number of carbonyl (C=O) groups excluding carboxylic acids is 2. The lowest BCUT2D eigenvalue weighted by molar-refractivity contribution is -0.142. The van der Waals surface area contributed by atoms with Gasteiger partial charge in [0.1, 0.15) is 5.75 Å². The smallest absolute Gasteiger partial charge is 0.242 e. The first-order valence-electron chi connectivity index (χ1n) is 12.8. The number of nitrogens with zero attached hydrogens (tertiary/aromatic N) is 3. The van der Waals surface area contributed by atoms with Crippen LogP contribution in [0.2, 0.25) is 0 Å². The van der Waals surface area contributed by atoms with E-state index in [0.29, 0.717) is 26.1 Å². The second-order valence-corrected chi connectivity index (χ2v) is 9.03. The molecule has 2 amide bonds. The molecule has 1 aromatic carbocycles. The maximum atomic E-state index is 13.5. The van der Waals surface area contributed by atoms with E-state index in [2.05, 4.69) is 43.7 Å². The van der Waals surface area contributed by atoms with E-state index >= 15 is 0 Å². The van der Waals surface area contributed by atoms with Gasteiger partial charge in [0.25, 0.3) is 0 Å². The minimum Gasteiger partial charge on any atom is -0.497 e. The van der Waals surface area contributed by atoms with Crippen molar-refractivity contribution in [2.45, 2.75) is 85.4 Å². The third-order valence-electron chi connectivity index (χ3n) is 6.36. The van der Waals surface area contributed by atoms with Crippen molar-refractivity contribution in [1.82, 2.24) is 14.4 Å². The van der Waals surface area contributed by atoms with Crippen LogP contribution in [0.3, 0.4) is 0 Å². The van der Waals surface area contributed by atoms with Gasteiger partial charge in [-0.25, -0.2) is 0 Å². The number of rotatable bonds is 15. The minimum atomic E-state index is 0.0180. The lowest BCUT2D eigenvalue weighted by atomic mass is 10.1. The highest BCUT2D eigenvalue weighted by Crippen LogP contribution is 2.18. The van der Waals surface area contributed by atoms with E-state index in [1.54, 1.807) is 12.0 Å². The van der Waals surface area contributed by atoms with Crippen molar-refractivity contribution in [3.63, 3.8) is 0 Å². The van der Waals surface area contributed by atoms with Crippen molar-refractivity contribution < 1.29 is 14.3 Å². The molecule has 0 aliphatic rings. The van der Waals surface area contributed by atoms with E-state index in [9.17, 15) is 9.59 Å². The normalized spacial score (nSPS) is 11.8. The van der Waals surface area contributed by atoms with Gasteiger partial charge in [-0.2, -0.15) is 0 Å². The zero-order valence-electron chi connectivity index (χ0n) is 21.8. The van der Waals surface area contributed by atoms with Gasteiger partial charge in [-0.1, -0.05) is 45.7 Å². The van der Waals surface area contributed by atoms with Crippen LogP contribution in [0, 0.1) is 0 Å². The van der Waals surface area contributed by atoms with Gasteiger partial charge in [-0.05, 0) is 56.0 Å². The Morgan fingerprint density at radius 1 is 1.03 bits per heavy atom. The Bertz CT molecular complexity index is 893. The van der Waals surface area contributed by atoms with E-state index in [1.807, 2.05) is 36.1 Å². The summed E-state index contributed by atoms with van der Waals surface area (Å²) >= 11 is 0. The molecule has 0 saturated heterocycles. The number of aromatic nitrogens is 1. The quantitative estimate of drug-likeness (QED) is 0.324. The Morgan fingerprint density at radius 2 is 1.82 bits per heavy atom. The van der Waals surface area contributed by atoms with Crippen molar-refractivity contribution in [3.8, 4) is 5.75 Å². The lowest BCUT2D eigenvalue weighted by Crippen LogP contribution is -2.46. The number of benzene rings is 1. The number of carbonyl (C=O) groups is 2. The molecule has 0 saturated carbocycles. The van der Waals surface area contributed by atoms with Gasteiger partial charge >= 0.3 is 0 Å². The maximum absolute atomic E-state index is 13.5. The summed E-state index contributed by atoms with van der Waals surface area (Å²) in [6.45, 7) is 10.4. The highest BCUT2D eigenvalue weighted by Gasteiger charge is 2.24. The fourth-order valence-corrected chi connectivity index (χ4v) is 4.07. The van der Waals surface area contributed by atoms with Crippen LogP contribution in [-0.2, 0) is 22.7 Å². The summed E-state index contributed by atoms with van der Waals surface area (Å²) in [6.07, 6.45) is 7.29. The molecule has 0 aliphatic heterocycles. The van der Waals surface area contributed by atoms with Gasteiger partial charge in [-0.3, -0.25) is 9.59 Å². The van der Waals surface area contributed by atoms with Gasteiger partial charge < -0.3 is 19.1 Å². The predicted octanol–water partition coefficient (Wildman–Crippen LogP) is 5.49. The Labute approximate surface area is 205 Å². The Balaban J connectivity index is 2.17. The van der Waals surface area contributed by atoms with Crippen LogP contribution in [0.1, 0.15) is 77.5 Å². The number of hydrogen-bond acceptors (Lipinski definition) is 3. The second-order valence-electron chi connectivity index (χ2n) is 9.03. The van der Waals surface area contributed by atoms with Crippen LogP contribution in [0.15, 0.2) is 42.6 Å². The third kappa shape index (κ3) is 8.23. The maximum Gasteiger partial charge on any atom is 0.242 e. The highest BCUT2D eigenvalue weighted by atomic mass is 16.5. The van der Waals surface area contributed by atoms with E-state index in [-0.39, 0.29) is 24.4 Å². The van der Waals surface area contributed by atoms with Gasteiger partial charge in [0.15, 0.2) is 0 Å². The van der Waals surface area contributed by atoms with E-state index in [0.717, 1.165) is 49.1 Å². The zero-order chi connectivity index (χ0) is 24.9. The number of amides is 2. The Hall–Kier alpha value is -2.76. The molecule has 0 bridgehead atoms. The molecule has 1 atom stereocenters. The molecular weight excluding hydrogens is 426 g/mol. The highest BCUT2D eigenvalue weighted by molar-refractivity contribution is 5.85. The molecule has 1 aromatic heterocycles. The fourth-order valence-electron chi connectivity index (χ4n) is 4.07. The molecule has 0 aliphatic carbocycles. The predicted molar refractivity (Wildman–Crippen MR) is 138 cm³/mol. The van der Waals surface area contributed by atoms with E-state index in [4.69, 9.17) is 4.74 Å². The number of hydrogen-bond donors (Lipinski definition) is 0. The first-order valence-corrected chi connectivity index (χ1v) is 12.8. The minimum absolute atomic E-state index is 0.0180. The molecule has 2 rings (SSSR count). The molecule has 6 nitrogen and oxygen atoms in total. The van der Waals surface area contributed by atoms with E-state index in [1.165, 1.54) is 0 Å². The molecule has 0 N–H and O–H groups in total. The number of methoxy groups -OCH3 is 1. The summed E-state index contributed by atoms with van der Waals surface area (Å²) < 4.78 is 7.54. The summed E-state index contributed by atoms with van der Waals surface area (Å²) in [7, 11) is 1.67. The Morgan fingerprint density at radius 3 is 2.50 bits per heavy atom. The van der Waals surface area contributed by atoms with Gasteiger partial charge in [0, 0.05) is 37.4 Å². The van der Waals surface area contributed by atoms with Crippen LogP contribution in [0.4, 0.5) is 0 Å². The summed E-state index contributed by atoms with van der Waals surface area (Å²) in [6, 6.07) is 12.2. The monoisotopic (exact) mass is 469 g/mol. The van der Waals surface area contributed by atoms with Gasteiger partial charge in [0.2, 0.25) is 11.8 Å².